The van der Waals surface area contributed by atoms with Gasteiger partial charge in [0.25, 0.3) is 0 Å². The molecule has 0 spiro atoms. The van der Waals surface area contributed by atoms with Gasteiger partial charge >= 0.3 is 0 Å². The molecule has 0 saturated carbocycles. The minimum atomic E-state index is -0.237. The van der Waals surface area contributed by atoms with Gasteiger partial charge in [-0.25, -0.2) is 4.39 Å². The topological polar surface area (TPSA) is 59.9 Å². The number of aliphatic hydroxyl groups excluding tert-OH is 1. The predicted molar refractivity (Wildman–Crippen MR) is 113 cm³/mol. The minimum Gasteiger partial charge on any atom is -0.396 e. The van der Waals surface area contributed by atoms with Crippen molar-refractivity contribution in [3.05, 3.63) is 71.5 Å². The Kier molecular flexibility index (Phi) is 8.91. The summed E-state index contributed by atoms with van der Waals surface area (Å²) in [6.07, 6.45) is 0. The number of aliphatic imine (C=N–C) groups is 1. The summed E-state index contributed by atoms with van der Waals surface area (Å²) in [5, 5.41) is 16.3. The van der Waals surface area contributed by atoms with E-state index in [2.05, 4.69) is 15.6 Å². The molecule has 2 aromatic rings. The molecule has 5 nitrogen and oxygen atoms in total. The van der Waals surface area contributed by atoms with Crippen molar-refractivity contribution in [3.8, 4) is 0 Å². The number of hydrogen-bond acceptors (Lipinski definition) is 3. The molecule has 28 heavy (non-hydrogen) atoms. The summed E-state index contributed by atoms with van der Waals surface area (Å²) in [4.78, 5) is 6.69. The number of halogens is 1. The lowest BCUT2D eigenvalue weighted by atomic mass is 10.0. The molecule has 0 aromatic heterocycles. The quantitative estimate of drug-likeness (QED) is 0.458. The smallest absolute Gasteiger partial charge is 0.191 e. The summed E-state index contributed by atoms with van der Waals surface area (Å²) in [7, 11) is 3.94. The van der Waals surface area contributed by atoms with Gasteiger partial charge in [-0.2, -0.15) is 0 Å². The average Bonchev–Trinajstić information content (AvgIpc) is 2.69. The lowest BCUT2D eigenvalue weighted by Gasteiger charge is -2.26. The van der Waals surface area contributed by atoms with Crippen molar-refractivity contribution >= 4 is 5.96 Å². The average molecular weight is 387 g/mol. The van der Waals surface area contributed by atoms with E-state index in [1.54, 1.807) is 12.1 Å². The molecule has 0 aliphatic heterocycles. The van der Waals surface area contributed by atoms with E-state index in [0.717, 1.165) is 17.7 Å². The molecule has 2 unspecified atom stereocenters. The van der Waals surface area contributed by atoms with Gasteiger partial charge in [-0.05, 0) is 44.3 Å². The van der Waals surface area contributed by atoms with Crippen LogP contribution < -0.4 is 10.6 Å². The van der Waals surface area contributed by atoms with Crippen LogP contribution in [0.5, 0.6) is 0 Å². The van der Waals surface area contributed by atoms with Crippen molar-refractivity contribution in [3.63, 3.8) is 0 Å². The van der Waals surface area contributed by atoms with Gasteiger partial charge in [0.1, 0.15) is 5.82 Å². The molecule has 0 radical (unpaired) electrons. The fraction of sp³-hybridized carbons (Fsp3) is 0.409. The van der Waals surface area contributed by atoms with Crippen LogP contribution in [0.3, 0.4) is 0 Å². The molecular formula is C22H31FN4O. The van der Waals surface area contributed by atoms with Crippen LogP contribution >= 0.6 is 0 Å². The Morgan fingerprint density at radius 3 is 2.39 bits per heavy atom. The van der Waals surface area contributed by atoms with Crippen LogP contribution in [0.4, 0.5) is 4.39 Å². The first-order valence-electron chi connectivity index (χ1n) is 9.65. The van der Waals surface area contributed by atoms with Crippen LogP contribution in [-0.4, -0.2) is 56.3 Å². The standard InChI is InChI=1S/C22H31FN4O/c1-4-24-22(25-14-19(16-28)17-9-6-5-7-10-17)26-15-21(27(2)3)18-11-8-12-20(23)13-18/h5-13,19,21,28H,4,14-16H2,1-3H3,(H2,24,25,26). The van der Waals surface area contributed by atoms with Crippen molar-refractivity contribution in [1.82, 2.24) is 15.5 Å². The molecule has 0 bridgehead atoms. The molecule has 0 amide bonds. The maximum atomic E-state index is 13.6. The van der Waals surface area contributed by atoms with E-state index in [4.69, 9.17) is 0 Å². The Morgan fingerprint density at radius 1 is 1.07 bits per heavy atom. The van der Waals surface area contributed by atoms with Crippen molar-refractivity contribution in [2.75, 3.05) is 40.3 Å². The summed E-state index contributed by atoms with van der Waals surface area (Å²) >= 11 is 0. The van der Waals surface area contributed by atoms with Crippen molar-refractivity contribution in [2.24, 2.45) is 4.99 Å². The third-order valence-electron chi connectivity index (χ3n) is 4.63. The number of likely N-dealkylation sites (N-methyl/N-ethyl adjacent to an activating group) is 1. The SMILES string of the molecule is CCNC(=NCC(CO)c1ccccc1)NCC(c1cccc(F)c1)N(C)C. The Bertz CT molecular complexity index is 736. The number of guanidine groups is 1. The fourth-order valence-corrected chi connectivity index (χ4v) is 3.04. The molecule has 0 heterocycles. The normalized spacial score (nSPS) is 14.0. The predicted octanol–water partition coefficient (Wildman–Crippen LogP) is 2.76. The van der Waals surface area contributed by atoms with E-state index < -0.39 is 0 Å². The molecule has 0 saturated heterocycles. The largest absolute Gasteiger partial charge is 0.396 e. The minimum absolute atomic E-state index is 0.00215. The molecule has 152 valence electrons. The van der Waals surface area contributed by atoms with Gasteiger partial charge < -0.3 is 20.6 Å². The monoisotopic (exact) mass is 386 g/mol. The summed E-state index contributed by atoms with van der Waals surface area (Å²) in [6, 6.07) is 16.6. The number of hydrogen-bond donors (Lipinski definition) is 3. The van der Waals surface area contributed by atoms with E-state index in [-0.39, 0.29) is 24.4 Å². The lowest BCUT2D eigenvalue weighted by Crippen LogP contribution is -2.42. The van der Waals surface area contributed by atoms with Gasteiger partial charge in [0.2, 0.25) is 0 Å². The van der Waals surface area contributed by atoms with Crippen molar-refractivity contribution < 1.29 is 9.50 Å². The van der Waals surface area contributed by atoms with E-state index in [1.165, 1.54) is 6.07 Å². The molecular weight excluding hydrogens is 355 g/mol. The molecule has 2 atom stereocenters. The first-order valence-corrected chi connectivity index (χ1v) is 9.65. The van der Waals surface area contributed by atoms with Gasteiger partial charge in [0.05, 0.1) is 19.2 Å². The van der Waals surface area contributed by atoms with Crippen LogP contribution in [0.15, 0.2) is 59.6 Å². The van der Waals surface area contributed by atoms with Gasteiger partial charge in [0.15, 0.2) is 5.96 Å². The van der Waals surface area contributed by atoms with Crippen LogP contribution in [0, 0.1) is 5.82 Å². The van der Waals surface area contributed by atoms with Crippen LogP contribution in [0.1, 0.15) is 30.0 Å². The molecule has 3 N–H and O–H groups in total. The molecule has 0 fully saturated rings. The summed E-state index contributed by atoms with van der Waals surface area (Å²) in [5.41, 5.74) is 1.97. The first kappa shape index (κ1) is 21.9. The van der Waals surface area contributed by atoms with Crippen LogP contribution in [0.25, 0.3) is 0 Å². The fourth-order valence-electron chi connectivity index (χ4n) is 3.04. The van der Waals surface area contributed by atoms with E-state index in [9.17, 15) is 9.50 Å². The van der Waals surface area contributed by atoms with E-state index >= 15 is 0 Å². The molecule has 0 aliphatic carbocycles. The maximum absolute atomic E-state index is 13.6. The molecule has 2 aromatic carbocycles. The highest BCUT2D eigenvalue weighted by atomic mass is 19.1. The highest BCUT2D eigenvalue weighted by Gasteiger charge is 2.16. The second kappa shape index (κ2) is 11.4. The van der Waals surface area contributed by atoms with Gasteiger partial charge in [0, 0.05) is 19.0 Å². The maximum Gasteiger partial charge on any atom is 0.191 e. The van der Waals surface area contributed by atoms with Crippen molar-refractivity contribution in [2.45, 2.75) is 18.9 Å². The number of aliphatic hydroxyl groups is 1. The van der Waals surface area contributed by atoms with Crippen LogP contribution in [-0.2, 0) is 0 Å². The molecule has 0 aliphatic rings. The Balaban J connectivity index is 2.06. The van der Waals surface area contributed by atoms with E-state index in [1.807, 2.05) is 62.3 Å². The molecule has 6 heteroatoms. The number of rotatable bonds is 9. The number of benzene rings is 2. The van der Waals surface area contributed by atoms with Gasteiger partial charge in [-0.1, -0.05) is 42.5 Å². The molecule has 2 rings (SSSR count). The summed E-state index contributed by atoms with van der Waals surface area (Å²) in [6.45, 7) is 3.83. The Morgan fingerprint density at radius 2 is 1.79 bits per heavy atom. The van der Waals surface area contributed by atoms with Crippen molar-refractivity contribution in [1.29, 1.82) is 0 Å². The first-order chi connectivity index (χ1) is 13.5. The number of nitrogens with one attached hydrogen (secondary N) is 2. The zero-order valence-electron chi connectivity index (χ0n) is 16.9. The third kappa shape index (κ3) is 6.62. The second-order valence-electron chi connectivity index (χ2n) is 6.93. The zero-order chi connectivity index (χ0) is 20.4. The lowest BCUT2D eigenvalue weighted by molar-refractivity contribution is 0.268. The van der Waals surface area contributed by atoms with Gasteiger partial charge in [-0.15, -0.1) is 0 Å². The number of nitrogens with zero attached hydrogens (tertiary/aromatic N) is 2. The van der Waals surface area contributed by atoms with Crippen LogP contribution in [0.2, 0.25) is 0 Å². The summed E-state index contributed by atoms with van der Waals surface area (Å²) < 4.78 is 13.6. The Labute approximate surface area is 167 Å². The zero-order valence-corrected chi connectivity index (χ0v) is 16.9. The highest BCUT2D eigenvalue weighted by molar-refractivity contribution is 5.79. The summed E-state index contributed by atoms with van der Waals surface area (Å²) in [5.74, 6) is 0.392. The van der Waals surface area contributed by atoms with Gasteiger partial charge in [-0.3, -0.25) is 4.99 Å². The highest BCUT2D eigenvalue weighted by Crippen LogP contribution is 2.18. The van der Waals surface area contributed by atoms with E-state index in [0.29, 0.717) is 19.0 Å². The Hall–Kier alpha value is -2.44. The second-order valence-corrected chi connectivity index (χ2v) is 6.93. The third-order valence-corrected chi connectivity index (χ3v) is 4.63.